The molecule has 2 heterocycles. The molecule has 2 aliphatic heterocycles. The summed E-state index contributed by atoms with van der Waals surface area (Å²) in [5.41, 5.74) is 3.13. The lowest BCUT2D eigenvalue weighted by Gasteiger charge is -2.33. The molecule has 1 unspecified atom stereocenters. The Morgan fingerprint density at radius 1 is 1.35 bits per heavy atom. The second kappa shape index (κ2) is 7.91. The summed E-state index contributed by atoms with van der Waals surface area (Å²) in [7, 11) is 1.38. The van der Waals surface area contributed by atoms with Crippen molar-refractivity contribution in [1.82, 2.24) is 10.6 Å². The Balaban J connectivity index is 1.99. The molecule has 0 radical (unpaired) electrons. The molecule has 26 heavy (non-hydrogen) atoms. The predicted octanol–water partition coefficient (Wildman–Crippen LogP) is 1.09. The molecular formula is C20H28N3O3+. The molecule has 0 aromatic heterocycles. The first-order valence-electron chi connectivity index (χ1n) is 9.27. The van der Waals surface area contributed by atoms with E-state index >= 15 is 0 Å². The van der Waals surface area contributed by atoms with Crippen LogP contribution in [0.1, 0.15) is 36.9 Å². The van der Waals surface area contributed by atoms with Crippen molar-refractivity contribution in [2.24, 2.45) is 5.92 Å². The molecule has 0 saturated carbocycles. The Kier molecular flexibility index (Phi) is 5.61. The first-order valence-corrected chi connectivity index (χ1v) is 9.27. The molecule has 140 valence electrons. The van der Waals surface area contributed by atoms with E-state index in [1.54, 1.807) is 0 Å². The van der Waals surface area contributed by atoms with E-state index in [0.29, 0.717) is 23.7 Å². The summed E-state index contributed by atoms with van der Waals surface area (Å²) in [5, 5.41) is 5.77. The molecule has 1 aromatic carbocycles. The highest BCUT2D eigenvalue weighted by atomic mass is 16.5. The van der Waals surface area contributed by atoms with Gasteiger partial charge in [-0.3, -0.25) is 0 Å². The third kappa shape index (κ3) is 3.90. The summed E-state index contributed by atoms with van der Waals surface area (Å²) in [5.74, 6) is 0.260. The van der Waals surface area contributed by atoms with Crippen molar-refractivity contribution in [2.75, 3.05) is 26.7 Å². The first kappa shape index (κ1) is 18.5. The summed E-state index contributed by atoms with van der Waals surface area (Å²) >= 11 is 0. The lowest BCUT2D eigenvalue weighted by molar-refractivity contribution is -0.904. The van der Waals surface area contributed by atoms with Crippen LogP contribution in [0.15, 0.2) is 35.5 Å². The maximum atomic E-state index is 12.6. The summed E-state index contributed by atoms with van der Waals surface area (Å²) in [6, 6.07) is 7.03. The van der Waals surface area contributed by atoms with Gasteiger partial charge in [0.15, 0.2) is 0 Å². The normalized spacial score (nSPS) is 26.1. The van der Waals surface area contributed by atoms with Crippen molar-refractivity contribution in [3.8, 4) is 0 Å². The van der Waals surface area contributed by atoms with Gasteiger partial charge in [0.25, 0.3) is 0 Å². The zero-order valence-electron chi connectivity index (χ0n) is 15.7. The number of methoxy groups -OCH3 is 1. The molecule has 3 N–H and O–H groups in total. The number of urea groups is 1. The average molecular weight is 358 g/mol. The number of ether oxygens (including phenoxy) is 1. The third-order valence-electron chi connectivity index (χ3n) is 5.35. The molecule has 0 spiro atoms. The highest BCUT2D eigenvalue weighted by Gasteiger charge is 2.36. The van der Waals surface area contributed by atoms with Crippen LogP contribution in [0.4, 0.5) is 4.79 Å². The van der Waals surface area contributed by atoms with Crippen molar-refractivity contribution < 1.29 is 19.2 Å². The van der Waals surface area contributed by atoms with E-state index in [2.05, 4.69) is 17.6 Å². The van der Waals surface area contributed by atoms with Crippen LogP contribution in [0, 0.1) is 12.8 Å². The topological polar surface area (TPSA) is 71.9 Å². The van der Waals surface area contributed by atoms with E-state index in [9.17, 15) is 9.59 Å². The molecular weight excluding hydrogens is 330 g/mol. The van der Waals surface area contributed by atoms with E-state index in [0.717, 1.165) is 24.2 Å². The van der Waals surface area contributed by atoms with Crippen LogP contribution in [0.5, 0.6) is 0 Å². The van der Waals surface area contributed by atoms with Crippen molar-refractivity contribution in [2.45, 2.75) is 32.7 Å². The number of hydrogen-bond acceptors (Lipinski definition) is 3. The second-order valence-electron chi connectivity index (χ2n) is 7.40. The fourth-order valence-electron chi connectivity index (χ4n) is 4.06. The first-order chi connectivity index (χ1) is 12.5. The maximum Gasteiger partial charge on any atom is 0.338 e. The van der Waals surface area contributed by atoms with Crippen LogP contribution in [0.3, 0.4) is 0 Å². The van der Waals surface area contributed by atoms with E-state index in [1.807, 2.05) is 31.2 Å². The fraction of sp³-hybridized carbons (Fsp3) is 0.500. The zero-order chi connectivity index (χ0) is 18.7. The number of carbonyl (C=O) groups excluding carboxylic acids is 2. The van der Waals surface area contributed by atoms with Crippen LogP contribution < -0.4 is 15.5 Å². The molecule has 1 fully saturated rings. The van der Waals surface area contributed by atoms with Gasteiger partial charge in [-0.1, -0.05) is 31.2 Å². The quantitative estimate of drug-likeness (QED) is 0.706. The second-order valence-corrected chi connectivity index (χ2v) is 7.40. The highest BCUT2D eigenvalue weighted by molar-refractivity contribution is 5.95. The summed E-state index contributed by atoms with van der Waals surface area (Å²) in [6.07, 6.45) is 2.41. The minimum Gasteiger partial charge on any atom is -0.466 e. The van der Waals surface area contributed by atoms with E-state index in [4.69, 9.17) is 4.74 Å². The van der Waals surface area contributed by atoms with Crippen LogP contribution in [0.2, 0.25) is 0 Å². The van der Waals surface area contributed by atoms with Gasteiger partial charge in [0.05, 0.1) is 37.5 Å². The number of piperidine rings is 1. The Morgan fingerprint density at radius 3 is 2.81 bits per heavy atom. The Morgan fingerprint density at radius 2 is 2.12 bits per heavy atom. The number of hydrogen-bond donors (Lipinski definition) is 3. The predicted molar refractivity (Wildman–Crippen MR) is 98.6 cm³/mol. The SMILES string of the molecule is COC(=O)C1=C(C[NH+]2CCC[C@H](C)C2)NC(=O)N[C@H]1c1ccccc1C. The Labute approximate surface area is 154 Å². The molecule has 6 heteroatoms. The summed E-state index contributed by atoms with van der Waals surface area (Å²) in [6.45, 7) is 6.98. The van der Waals surface area contributed by atoms with Crippen LogP contribution >= 0.6 is 0 Å². The van der Waals surface area contributed by atoms with Crippen molar-refractivity contribution in [3.63, 3.8) is 0 Å². The van der Waals surface area contributed by atoms with Crippen molar-refractivity contribution in [3.05, 3.63) is 46.7 Å². The number of carbonyl (C=O) groups is 2. The number of benzene rings is 1. The zero-order valence-corrected chi connectivity index (χ0v) is 15.7. The summed E-state index contributed by atoms with van der Waals surface area (Å²) in [4.78, 5) is 26.3. The van der Waals surface area contributed by atoms with Crippen molar-refractivity contribution in [1.29, 1.82) is 0 Å². The third-order valence-corrected chi connectivity index (χ3v) is 5.35. The van der Waals surface area contributed by atoms with Crippen LogP contribution in [-0.4, -0.2) is 38.7 Å². The molecule has 0 aliphatic carbocycles. The Hall–Kier alpha value is -2.34. The molecule has 0 bridgehead atoms. The number of nitrogens with one attached hydrogen (secondary N) is 3. The van der Waals surface area contributed by atoms with E-state index in [-0.39, 0.29) is 6.03 Å². The fourth-order valence-corrected chi connectivity index (χ4v) is 4.06. The number of amides is 2. The van der Waals surface area contributed by atoms with Gasteiger partial charge in [0, 0.05) is 5.92 Å². The van der Waals surface area contributed by atoms with E-state index < -0.39 is 12.0 Å². The minimum atomic E-state index is -0.492. The molecule has 1 aromatic rings. The molecule has 2 aliphatic rings. The summed E-state index contributed by atoms with van der Waals surface area (Å²) < 4.78 is 5.06. The molecule has 3 rings (SSSR count). The molecule has 2 amide bonds. The standard InChI is InChI=1S/C20H27N3O3/c1-13-7-6-10-23(11-13)12-16-17(19(24)26-3)18(22-20(25)21-16)15-9-5-4-8-14(15)2/h4-5,8-9,13,18H,6-7,10-12H2,1-3H3,(H2,21,22,25)/p+1/t13-,18-/m0/s1. The largest absolute Gasteiger partial charge is 0.466 e. The van der Waals surface area contributed by atoms with Gasteiger partial charge in [0.1, 0.15) is 6.54 Å². The molecule has 3 atom stereocenters. The number of esters is 1. The maximum absolute atomic E-state index is 12.6. The van der Waals surface area contributed by atoms with Gasteiger partial charge >= 0.3 is 12.0 Å². The smallest absolute Gasteiger partial charge is 0.338 e. The van der Waals surface area contributed by atoms with Gasteiger partial charge in [-0.2, -0.15) is 0 Å². The average Bonchev–Trinajstić information content (AvgIpc) is 2.61. The van der Waals surface area contributed by atoms with Gasteiger partial charge in [-0.15, -0.1) is 0 Å². The van der Waals surface area contributed by atoms with E-state index in [1.165, 1.54) is 24.9 Å². The lowest BCUT2D eigenvalue weighted by Crippen LogP contribution is -3.14. The van der Waals surface area contributed by atoms with Gasteiger partial charge in [0.2, 0.25) is 0 Å². The number of likely N-dealkylation sites (tertiary alicyclic amines) is 1. The molecule has 6 nitrogen and oxygen atoms in total. The monoisotopic (exact) mass is 358 g/mol. The minimum absolute atomic E-state index is 0.273. The highest BCUT2D eigenvalue weighted by Crippen LogP contribution is 2.29. The van der Waals surface area contributed by atoms with Crippen LogP contribution in [0.25, 0.3) is 0 Å². The van der Waals surface area contributed by atoms with Gasteiger partial charge in [-0.05, 0) is 30.9 Å². The number of rotatable bonds is 4. The van der Waals surface area contributed by atoms with Gasteiger partial charge in [-0.25, -0.2) is 9.59 Å². The number of quaternary nitrogens is 1. The lowest BCUT2D eigenvalue weighted by atomic mass is 9.91. The molecule has 1 saturated heterocycles. The van der Waals surface area contributed by atoms with Gasteiger partial charge < -0.3 is 20.3 Å². The number of aryl methyl sites for hydroxylation is 1. The van der Waals surface area contributed by atoms with Crippen LogP contribution in [-0.2, 0) is 9.53 Å². The van der Waals surface area contributed by atoms with Crippen molar-refractivity contribution >= 4 is 12.0 Å². The Bertz CT molecular complexity index is 729.